The minimum absolute atomic E-state index is 0.163. The molecule has 0 fully saturated rings. The Morgan fingerprint density at radius 1 is 1.30 bits per heavy atom. The lowest BCUT2D eigenvalue weighted by Crippen LogP contribution is -2.27. The Morgan fingerprint density at radius 3 is 2.70 bits per heavy atom. The standard InChI is InChI=1S/C15H14ClFN2O/c1-19(9-10-4-2-3-5-14(10)17)15(20)12-8-11(18)6-7-13(12)16/h2-8H,9,18H2,1H3. The first kappa shape index (κ1) is 14.3. The number of nitrogens with two attached hydrogens (primary N) is 1. The first-order valence-corrected chi connectivity index (χ1v) is 6.40. The number of rotatable bonds is 3. The molecule has 1 amide bonds. The Kier molecular flexibility index (Phi) is 4.25. The number of amides is 1. The van der Waals surface area contributed by atoms with E-state index in [0.29, 0.717) is 21.8 Å². The molecule has 2 rings (SSSR count). The molecule has 0 heterocycles. The Balaban J connectivity index is 2.21. The molecule has 0 radical (unpaired) electrons. The summed E-state index contributed by atoms with van der Waals surface area (Å²) >= 11 is 5.99. The molecule has 104 valence electrons. The average Bonchev–Trinajstić information content (AvgIpc) is 2.43. The van der Waals surface area contributed by atoms with Gasteiger partial charge in [-0.3, -0.25) is 4.79 Å². The van der Waals surface area contributed by atoms with Gasteiger partial charge in [0.25, 0.3) is 5.91 Å². The molecule has 0 unspecified atom stereocenters. The summed E-state index contributed by atoms with van der Waals surface area (Å²) < 4.78 is 13.6. The summed E-state index contributed by atoms with van der Waals surface area (Å²) in [5, 5.41) is 0.324. The van der Waals surface area contributed by atoms with Crippen LogP contribution in [0.4, 0.5) is 10.1 Å². The highest BCUT2D eigenvalue weighted by atomic mass is 35.5. The Bertz CT molecular complexity index is 646. The molecule has 3 nitrogen and oxygen atoms in total. The third-order valence-corrected chi connectivity index (χ3v) is 3.26. The van der Waals surface area contributed by atoms with E-state index >= 15 is 0 Å². The number of halogens is 2. The molecule has 0 saturated carbocycles. The number of carbonyl (C=O) groups is 1. The number of carbonyl (C=O) groups excluding carboxylic acids is 1. The van der Waals surface area contributed by atoms with E-state index in [1.807, 2.05) is 0 Å². The van der Waals surface area contributed by atoms with Crippen LogP contribution < -0.4 is 5.73 Å². The van der Waals surface area contributed by atoms with Crippen molar-refractivity contribution in [3.05, 3.63) is 64.4 Å². The predicted octanol–water partition coefficient (Wildman–Crippen LogP) is 3.33. The van der Waals surface area contributed by atoms with Crippen LogP contribution in [0.2, 0.25) is 5.02 Å². The lowest BCUT2D eigenvalue weighted by molar-refractivity contribution is 0.0784. The maximum absolute atomic E-state index is 13.6. The van der Waals surface area contributed by atoms with Crippen molar-refractivity contribution >= 4 is 23.2 Å². The van der Waals surface area contributed by atoms with Crippen molar-refractivity contribution in [3.8, 4) is 0 Å². The molecule has 0 aliphatic rings. The zero-order valence-corrected chi connectivity index (χ0v) is 11.7. The van der Waals surface area contributed by atoms with E-state index in [2.05, 4.69) is 0 Å². The van der Waals surface area contributed by atoms with Crippen LogP contribution in [0.3, 0.4) is 0 Å². The summed E-state index contributed by atoms with van der Waals surface area (Å²) in [6, 6.07) is 11.0. The summed E-state index contributed by atoms with van der Waals surface area (Å²) in [4.78, 5) is 13.7. The maximum Gasteiger partial charge on any atom is 0.255 e. The summed E-state index contributed by atoms with van der Waals surface area (Å²) in [6.07, 6.45) is 0. The Morgan fingerprint density at radius 2 is 2.00 bits per heavy atom. The minimum Gasteiger partial charge on any atom is -0.399 e. The summed E-state index contributed by atoms with van der Waals surface area (Å²) in [6.45, 7) is 0.163. The van der Waals surface area contributed by atoms with Crippen molar-refractivity contribution in [3.63, 3.8) is 0 Å². The lowest BCUT2D eigenvalue weighted by atomic mass is 10.1. The first-order valence-electron chi connectivity index (χ1n) is 6.03. The third kappa shape index (κ3) is 3.08. The number of nitrogens with zero attached hydrogens (tertiary/aromatic N) is 1. The molecule has 0 aliphatic heterocycles. The topological polar surface area (TPSA) is 46.3 Å². The van der Waals surface area contributed by atoms with Crippen LogP contribution in [0.5, 0.6) is 0 Å². The fourth-order valence-corrected chi connectivity index (χ4v) is 2.06. The van der Waals surface area contributed by atoms with E-state index in [9.17, 15) is 9.18 Å². The van der Waals surface area contributed by atoms with Crippen LogP contribution >= 0.6 is 11.6 Å². The summed E-state index contributed by atoms with van der Waals surface area (Å²) in [5.74, 6) is -0.642. The number of hydrogen-bond donors (Lipinski definition) is 1. The highest BCUT2D eigenvalue weighted by Crippen LogP contribution is 2.21. The van der Waals surface area contributed by atoms with Gasteiger partial charge in [-0.25, -0.2) is 4.39 Å². The second-order valence-electron chi connectivity index (χ2n) is 4.49. The van der Waals surface area contributed by atoms with Crippen LogP contribution in [-0.2, 0) is 6.54 Å². The molecule has 5 heteroatoms. The molecule has 2 aromatic rings. The second-order valence-corrected chi connectivity index (χ2v) is 4.90. The number of benzene rings is 2. The monoisotopic (exact) mass is 292 g/mol. The quantitative estimate of drug-likeness (QED) is 0.882. The molecule has 0 aromatic heterocycles. The maximum atomic E-state index is 13.6. The van der Waals surface area contributed by atoms with Gasteiger partial charge in [-0.15, -0.1) is 0 Å². The summed E-state index contributed by atoms with van der Waals surface area (Å²) in [7, 11) is 1.59. The molecule has 20 heavy (non-hydrogen) atoms. The van der Waals surface area contributed by atoms with Gasteiger partial charge in [0.05, 0.1) is 10.6 Å². The number of nitrogen functional groups attached to an aromatic ring is 1. The van der Waals surface area contributed by atoms with Crippen molar-refractivity contribution in [1.82, 2.24) is 4.90 Å². The Labute approximate surface area is 121 Å². The van der Waals surface area contributed by atoms with E-state index in [1.165, 1.54) is 17.0 Å². The van der Waals surface area contributed by atoms with E-state index in [1.54, 1.807) is 37.4 Å². The van der Waals surface area contributed by atoms with Gasteiger partial charge in [0.1, 0.15) is 5.82 Å². The fraction of sp³-hybridized carbons (Fsp3) is 0.133. The molecule has 0 saturated heterocycles. The molecular weight excluding hydrogens is 279 g/mol. The highest BCUT2D eigenvalue weighted by molar-refractivity contribution is 6.33. The molecule has 0 spiro atoms. The number of hydrogen-bond acceptors (Lipinski definition) is 2. The zero-order valence-electron chi connectivity index (χ0n) is 10.9. The van der Waals surface area contributed by atoms with Crippen molar-refractivity contribution in [2.24, 2.45) is 0 Å². The van der Waals surface area contributed by atoms with Crippen LogP contribution in [0.1, 0.15) is 15.9 Å². The van der Waals surface area contributed by atoms with Crippen LogP contribution in [-0.4, -0.2) is 17.9 Å². The Hall–Kier alpha value is -2.07. The normalized spacial score (nSPS) is 10.3. The van der Waals surface area contributed by atoms with Crippen molar-refractivity contribution in [2.45, 2.75) is 6.54 Å². The van der Waals surface area contributed by atoms with Crippen molar-refractivity contribution in [1.29, 1.82) is 0 Å². The minimum atomic E-state index is -0.342. The van der Waals surface area contributed by atoms with E-state index < -0.39 is 0 Å². The SMILES string of the molecule is CN(Cc1ccccc1F)C(=O)c1cc(N)ccc1Cl. The molecule has 2 N–H and O–H groups in total. The van der Waals surface area contributed by atoms with E-state index in [0.717, 1.165) is 0 Å². The van der Waals surface area contributed by atoms with E-state index in [-0.39, 0.29) is 18.3 Å². The molecule has 0 aliphatic carbocycles. The van der Waals surface area contributed by atoms with Gasteiger partial charge in [0.15, 0.2) is 0 Å². The van der Waals surface area contributed by atoms with Gasteiger partial charge in [0, 0.05) is 24.8 Å². The average molecular weight is 293 g/mol. The fourth-order valence-electron chi connectivity index (χ4n) is 1.87. The molecule has 0 atom stereocenters. The van der Waals surface area contributed by atoms with Gasteiger partial charge in [-0.2, -0.15) is 0 Å². The van der Waals surface area contributed by atoms with Gasteiger partial charge in [0.2, 0.25) is 0 Å². The van der Waals surface area contributed by atoms with Gasteiger partial charge in [-0.1, -0.05) is 29.8 Å². The smallest absolute Gasteiger partial charge is 0.255 e. The molecular formula is C15H14ClFN2O. The largest absolute Gasteiger partial charge is 0.399 e. The highest BCUT2D eigenvalue weighted by Gasteiger charge is 2.16. The summed E-state index contributed by atoms with van der Waals surface area (Å²) in [5.41, 5.74) is 6.87. The van der Waals surface area contributed by atoms with Crippen LogP contribution in [0.25, 0.3) is 0 Å². The van der Waals surface area contributed by atoms with Gasteiger partial charge >= 0.3 is 0 Å². The third-order valence-electron chi connectivity index (χ3n) is 2.93. The predicted molar refractivity (Wildman–Crippen MR) is 78.1 cm³/mol. The van der Waals surface area contributed by atoms with Crippen molar-refractivity contribution in [2.75, 3.05) is 12.8 Å². The first-order chi connectivity index (χ1) is 9.49. The molecule has 2 aromatic carbocycles. The van der Waals surface area contributed by atoms with Crippen LogP contribution in [0.15, 0.2) is 42.5 Å². The van der Waals surface area contributed by atoms with Gasteiger partial charge < -0.3 is 10.6 Å². The molecule has 0 bridgehead atoms. The second kappa shape index (κ2) is 5.92. The lowest BCUT2D eigenvalue weighted by Gasteiger charge is -2.18. The van der Waals surface area contributed by atoms with Crippen LogP contribution in [0, 0.1) is 5.82 Å². The van der Waals surface area contributed by atoms with E-state index in [4.69, 9.17) is 17.3 Å². The van der Waals surface area contributed by atoms with Crippen molar-refractivity contribution < 1.29 is 9.18 Å². The number of anilines is 1. The zero-order chi connectivity index (χ0) is 14.7. The van der Waals surface area contributed by atoms with Gasteiger partial charge in [-0.05, 0) is 24.3 Å².